The monoisotopic (exact) mass is 450 g/mol. The maximum Gasteiger partial charge on any atom is 0.408 e. The van der Waals surface area contributed by atoms with Crippen molar-refractivity contribution in [1.82, 2.24) is 14.9 Å². The fraction of sp³-hybridized carbons (Fsp3) is 0.500. The summed E-state index contributed by atoms with van der Waals surface area (Å²) in [4.78, 5) is 25.1. The van der Waals surface area contributed by atoms with Crippen molar-refractivity contribution in [1.29, 1.82) is 0 Å². The molecule has 0 radical (unpaired) electrons. The third-order valence-corrected chi connectivity index (χ3v) is 6.53. The Bertz CT molecular complexity index is 951. The van der Waals surface area contributed by atoms with Crippen LogP contribution in [0.25, 0.3) is 11.3 Å². The second kappa shape index (κ2) is 8.23. The molecule has 0 atom stereocenters. The highest BCUT2D eigenvalue weighted by Gasteiger charge is 2.44. The summed E-state index contributed by atoms with van der Waals surface area (Å²) < 4.78 is 0. The minimum Gasteiger partial charge on any atom is -0.465 e. The molecular formula is C22H28Cl2N4O2. The van der Waals surface area contributed by atoms with Crippen LogP contribution in [0.15, 0.2) is 24.4 Å². The number of hydrogen-bond donors (Lipinski definition) is 1. The van der Waals surface area contributed by atoms with Gasteiger partial charge in [-0.2, -0.15) is 0 Å². The van der Waals surface area contributed by atoms with Gasteiger partial charge in [-0.1, -0.05) is 35.3 Å². The van der Waals surface area contributed by atoms with Crippen molar-refractivity contribution in [3.05, 3.63) is 40.1 Å². The van der Waals surface area contributed by atoms with Crippen LogP contribution < -0.4 is 4.90 Å². The summed E-state index contributed by atoms with van der Waals surface area (Å²) in [6, 6.07) is 5.46. The van der Waals surface area contributed by atoms with Gasteiger partial charge in [-0.25, -0.2) is 9.78 Å². The third-order valence-electron chi connectivity index (χ3n) is 5.71. The molecule has 0 bridgehead atoms. The number of amides is 1. The van der Waals surface area contributed by atoms with E-state index in [9.17, 15) is 9.90 Å². The van der Waals surface area contributed by atoms with Crippen LogP contribution in [0.1, 0.15) is 46.2 Å². The number of aryl methyl sites for hydroxylation is 1. The number of aromatic nitrogens is 2. The number of carboxylic acid groups (broad SMARTS) is 1. The Balaban J connectivity index is 1.80. The maximum atomic E-state index is 11.9. The molecule has 8 heteroatoms. The number of halogens is 2. The Hall–Kier alpha value is -2.05. The number of hydrogen-bond acceptors (Lipinski definition) is 4. The average molecular weight is 451 g/mol. The normalized spacial score (nSPS) is 16.4. The minimum absolute atomic E-state index is 0.419. The van der Waals surface area contributed by atoms with Crippen molar-refractivity contribution < 1.29 is 9.90 Å². The number of nitrogens with zero attached hydrogens (tertiary/aromatic N) is 4. The Morgan fingerprint density at radius 1 is 1.23 bits per heavy atom. The van der Waals surface area contributed by atoms with Crippen molar-refractivity contribution in [2.24, 2.45) is 0 Å². The van der Waals surface area contributed by atoms with Gasteiger partial charge in [0, 0.05) is 29.7 Å². The van der Waals surface area contributed by atoms with E-state index in [1.807, 2.05) is 46.8 Å². The molecule has 0 spiro atoms. The summed E-state index contributed by atoms with van der Waals surface area (Å²) in [5.74, 6) is 0.786. The summed E-state index contributed by atoms with van der Waals surface area (Å²) in [6.45, 7) is 11.2. The van der Waals surface area contributed by atoms with Gasteiger partial charge in [0.1, 0.15) is 5.82 Å². The lowest BCUT2D eigenvalue weighted by Crippen LogP contribution is -2.61. The molecule has 3 rings (SSSR count). The standard InChI is InChI=1S/C22H28Cl2N4O2/c1-14-19(15-7-6-8-16(23)18(15)24)25-13-17(26-14)27-11-9-22(5,10-12-27)28(20(29)30)21(2,3)4/h6-8,13H,9-12H2,1-5H3,(H,29,30). The predicted octanol–water partition coefficient (Wildman–Crippen LogP) is 5.90. The Morgan fingerprint density at radius 3 is 2.40 bits per heavy atom. The fourth-order valence-corrected chi connectivity index (χ4v) is 4.73. The second-order valence-electron chi connectivity index (χ2n) is 9.04. The van der Waals surface area contributed by atoms with Crippen molar-refractivity contribution in [2.45, 2.75) is 58.5 Å². The zero-order valence-corrected chi connectivity index (χ0v) is 19.5. The molecule has 1 aromatic carbocycles. The molecule has 0 saturated carbocycles. The largest absolute Gasteiger partial charge is 0.465 e. The highest BCUT2D eigenvalue weighted by atomic mass is 35.5. The molecule has 1 aliphatic heterocycles. The van der Waals surface area contributed by atoms with E-state index >= 15 is 0 Å². The first-order valence-electron chi connectivity index (χ1n) is 10.0. The van der Waals surface area contributed by atoms with Crippen LogP contribution in [0.3, 0.4) is 0 Å². The van der Waals surface area contributed by atoms with Gasteiger partial charge in [0.25, 0.3) is 0 Å². The second-order valence-corrected chi connectivity index (χ2v) is 9.82. The quantitative estimate of drug-likeness (QED) is 0.630. The Kier molecular flexibility index (Phi) is 6.21. The summed E-state index contributed by atoms with van der Waals surface area (Å²) in [5.41, 5.74) is 1.35. The van der Waals surface area contributed by atoms with Gasteiger partial charge >= 0.3 is 6.09 Å². The molecule has 0 unspecified atom stereocenters. The molecule has 6 nitrogen and oxygen atoms in total. The summed E-state index contributed by atoms with van der Waals surface area (Å²) in [7, 11) is 0. The number of benzene rings is 1. The smallest absolute Gasteiger partial charge is 0.408 e. The van der Waals surface area contributed by atoms with Crippen LogP contribution >= 0.6 is 23.2 Å². The zero-order chi connectivity index (χ0) is 22.3. The maximum absolute atomic E-state index is 11.9. The molecule has 1 fully saturated rings. The van der Waals surface area contributed by atoms with Gasteiger partial charge < -0.3 is 10.0 Å². The number of anilines is 1. The highest BCUT2D eigenvalue weighted by Crippen LogP contribution is 2.37. The molecule has 30 heavy (non-hydrogen) atoms. The van der Waals surface area contributed by atoms with E-state index < -0.39 is 17.2 Å². The third kappa shape index (κ3) is 4.35. The van der Waals surface area contributed by atoms with E-state index in [1.54, 1.807) is 17.2 Å². The van der Waals surface area contributed by atoms with Gasteiger partial charge in [0.2, 0.25) is 0 Å². The first kappa shape index (κ1) is 22.6. The molecule has 1 amide bonds. The lowest BCUT2D eigenvalue weighted by molar-refractivity contribution is 0.0118. The number of piperidine rings is 1. The molecule has 1 N–H and O–H groups in total. The molecule has 162 valence electrons. The van der Waals surface area contributed by atoms with Crippen molar-refractivity contribution in [3.63, 3.8) is 0 Å². The molecule has 2 heterocycles. The van der Waals surface area contributed by atoms with E-state index in [0.717, 1.165) is 29.9 Å². The van der Waals surface area contributed by atoms with Crippen LogP contribution in [0, 0.1) is 6.92 Å². The van der Waals surface area contributed by atoms with Crippen LogP contribution in [0.4, 0.5) is 10.6 Å². The van der Waals surface area contributed by atoms with E-state index in [0.29, 0.717) is 28.8 Å². The van der Waals surface area contributed by atoms with E-state index in [2.05, 4.69) is 9.88 Å². The van der Waals surface area contributed by atoms with Gasteiger partial charge in [0.15, 0.2) is 0 Å². The van der Waals surface area contributed by atoms with Gasteiger partial charge in [-0.15, -0.1) is 0 Å². The predicted molar refractivity (Wildman–Crippen MR) is 122 cm³/mol. The van der Waals surface area contributed by atoms with Gasteiger partial charge in [0.05, 0.1) is 27.6 Å². The van der Waals surface area contributed by atoms with Crippen LogP contribution in [-0.2, 0) is 0 Å². The molecule has 1 saturated heterocycles. The molecule has 1 aromatic heterocycles. The number of carbonyl (C=O) groups is 1. The van der Waals surface area contributed by atoms with Crippen molar-refractivity contribution in [2.75, 3.05) is 18.0 Å². The first-order valence-corrected chi connectivity index (χ1v) is 10.8. The summed E-state index contributed by atoms with van der Waals surface area (Å²) >= 11 is 12.5. The Morgan fingerprint density at radius 2 is 1.87 bits per heavy atom. The zero-order valence-electron chi connectivity index (χ0n) is 18.0. The van der Waals surface area contributed by atoms with Crippen molar-refractivity contribution in [3.8, 4) is 11.3 Å². The molecule has 0 aliphatic carbocycles. The lowest BCUT2D eigenvalue weighted by atomic mass is 9.84. The highest BCUT2D eigenvalue weighted by molar-refractivity contribution is 6.43. The first-order chi connectivity index (χ1) is 13.9. The minimum atomic E-state index is -0.878. The topological polar surface area (TPSA) is 69.6 Å². The van der Waals surface area contributed by atoms with Crippen LogP contribution in [0.5, 0.6) is 0 Å². The SMILES string of the molecule is Cc1nc(N2CCC(C)(N(C(=O)O)C(C)(C)C)CC2)cnc1-c1cccc(Cl)c1Cl. The number of rotatable bonds is 3. The summed E-state index contributed by atoms with van der Waals surface area (Å²) in [6.07, 6.45) is 2.32. The Labute approximate surface area is 187 Å². The average Bonchev–Trinajstić information content (AvgIpc) is 2.63. The summed E-state index contributed by atoms with van der Waals surface area (Å²) in [5, 5.41) is 10.7. The van der Waals surface area contributed by atoms with E-state index in [-0.39, 0.29) is 0 Å². The molecular weight excluding hydrogens is 423 g/mol. The van der Waals surface area contributed by atoms with Gasteiger partial charge in [-0.05, 0) is 53.5 Å². The molecule has 1 aliphatic rings. The fourth-order valence-electron chi connectivity index (χ4n) is 4.34. The lowest BCUT2D eigenvalue weighted by Gasteiger charge is -2.51. The van der Waals surface area contributed by atoms with Crippen LogP contribution in [-0.4, -0.2) is 50.2 Å². The molecule has 2 aromatic rings. The van der Waals surface area contributed by atoms with Crippen LogP contribution in [0.2, 0.25) is 10.0 Å². The van der Waals surface area contributed by atoms with Gasteiger partial charge in [-0.3, -0.25) is 9.88 Å². The van der Waals surface area contributed by atoms with Crippen molar-refractivity contribution >= 4 is 35.1 Å². The van der Waals surface area contributed by atoms with E-state index in [1.165, 1.54) is 0 Å². The van der Waals surface area contributed by atoms with E-state index in [4.69, 9.17) is 28.2 Å².